The fourth-order valence-electron chi connectivity index (χ4n) is 4.57. The fourth-order valence-corrected chi connectivity index (χ4v) is 4.57. The van der Waals surface area contributed by atoms with Crippen LogP contribution in [0.1, 0.15) is 18.1 Å². The number of aryl methyl sites for hydroxylation is 1. The Bertz CT molecular complexity index is 1790. The molecule has 0 saturated carbocycles. The van der Waals surface area contributed by atoms with Crippen molar-refractivity contribution in [1.29, 1.82) is 0 Å². The van der Waals surface area contributed by atoms with Gasteiger partial charge in [0, 0.05) is 17.2 Å². The first-order valence-electron chi connectivity index (χ1n) is 12.8. The molecule has 0 heterocycles. The largest absolute Gasteiger partial charge is 0.432 e. The van der Waals surface area contributed by atoms with Gasteiger partial charge >= 0.3 is 6.11 Å². The van der Waals surface area contributed by atoms with E-state index < -0.39 is 69.3 Å². The molecule has 0 aliphatic rings. The third kappa shape index (κ3) is 5.95. The maximum atomic E-state index is 15.0. The Morgan fingerprint density at radius 2 is 0.977 bits per heavy atom. The first kappa shape index (κ1) is 29.8. The van der Waals surface area contributed by atoms with Gasteiger partial charge < -0.3 is 4.74 Å². The van der Waals surface area contributed by atoms with Crippen molar-refractivity contribution in [2.45, 2.75) is 19.5 Å². The predicted octanol–water partition coefficient (Wildman–Crippen LogP) is 10.4. The van der Waals surface area contributed by atoms with Gasteiger partial charge in [-0.25, -0.2) is 30.7 Å². The van der Waals surface area contributed by atoms with Crippen molar-refractivity contribution in [1.82, 2.24) is 0 Å². The van der Waals surface area contributed by atoms with Crippen molar-refractivity contribution in [3.05, 3.63) is 137 Å². The van der Waals surface area contributed by atoms with Crippen molar-refractivity contribution in [2.75, 3.05) is 0 Å². The molecule has 43 heavy (non-hydrogen) atoms. The average Bonchev–Trinajstić information content (AvgIpc) is 2.95. The predicted molar refractivity (Wildman–Crippen MR) is 143 cm³/mol. The zero-order chi connectivity index (χ0) is 31.1. The molecule has 0 unspecified atom stereocenters. The van der Waals surface area contributed by atoms with Crippen LogP contribution in [0.5, 0.6) is 5.75 Å². The van der Waals surface area contributed by atoms with Crippen LogP contribution in [0.15, 0.2) is 84.9 Å². The maximum Gasteiger partial charge on any atom is 0.432 e. The second-order valence-electron chi connectivity index (χ2n) is 9.57. The summed E-state index contributed by atoms with van der Waals surface area (Å²) in [6.07, 6.45) is -3.85. The highest BCUT2D eigenvalue weighted by Gasteiger charge is 2.41. The Balaban J connectivity index is 1.41. The molecule has 5 aromatic rings. The summed E-state index contributed by atoms with van der Waals surface area (Å²) in [4.78, 5) is 0. The number of rotatable bonds is 7. The Labute approximate surface area is 239 Å². The number of hydrogen-bond donors (Lipinski definition) is 0. The van der Waals surface area contributed by atoms with Crippen LogP contribution in [-0.2, 0) is 12.5 Å². The van der Waals surface area contributed by atoms with Crippen LogP contribution in [0.3, 0.4) is 0 Å². The number of alkyl halides is 2. The Kier molecular flexibility index (Phi) is 7.96. The summed E-state index contributed by atoms with van der Waals surface area (Å²) >= 11 is 0. The van der Waals surface area contributed by atoms with Crippen LogP contribution in [0.4, 0.5) is 39.5 Å². The highest BCUT2D eigenvalue weighted by Crippen LogP contribution is 2.39. The van der Waals surface area contributed by atoms with Crippen LogP contribution in [-0.4, -0.2) is 0 Å². The summed E-state index contributed by atoms with van der Waals surface area (Å²) in [5.41, 5.74) is -1.05. The van der Waals surface area contributed by atoms with Crippen molar-refractivity contribution in [3.63, 3.8) is 0 Å². The Morgan fingerprint density at radius 1 is 0.512 bits per heavy atom. The van der Waals surface area contributed by atoms with Crippen LogP contribution < -0.4 is 4.74 Å². The lowest BCUT2D eigenvalue weighted by Crippen LogP contribution is -2.25. The molecule has 0 aliphatic heterocycles. The van der Waals surface area contributed by atoms with Gasteiger partial charge in [-0.15, -0.1) is 0 Å². The molecule has 5 rings (SSSR count). The van der Waals surface area contributed by atoms with Crippen molar-refractivity contribution < 1.29 is 44.3 Å². The molecular formula is C33H19F9O. The Hall–Kier alpha value is -4.73. The van der Waals surface area contributed by atoms with E-state index in [2.05, 4.69) is 4.74 Å². The minimum atomic E-state index is -4.66. The molecule has 0 radical (unpaired) electrons. The van der Waals surface area contributed by atoms with E-state index in [-0.39, 0.29) is 11.1 Å². The number of benzene rings is 5. The van der Waals surface area contributed by atoms with Gasteiger partial charge in [-0.05, 0) is 76.7 Å². The van der Waals surface area contributed by atoms with E-state index in [4.69, 9.17) is 0 Å². The summed E-state index contributed by atoms with van der Waals surface area (Å²) in [5.74, 6) is -11.5. The topological polar surface area (TPSA) is 9.23 Å². The summed E-state index contributed by atoms with van der Waals surface area (Å²) in [6.45, 7) is 1.98. The van der Waals surface area contributed by atoms with Gasteiger partial charge in [0.05, 0.1) is 0 Å². The number of ether oxygens (including phenoxy) is 1. The number of hydrogen-bond acceptors (Lipinski definition) is 1. The Morgan fingerprint density at radius 3 is 1.49 bits per heavy atom. The second-order valence-corrected chi connectivity index (χ2v) is 9.57. The first-order valence-corrected chi connectivity index (χ1v) is 12.8. The van der Waals surface area contributed by atoms with Crippen LogP contribution >= 0.6 is 0 Å². The molecule has 0 atom stereocenters. The van der Waals surface area contributed by atoms with Crippen molar-refractivity contribution in [3.8, 4) is 39.1 Å². The quantitative estimate of drug-likeness (QED) is 0.133. The van der Waals surface area contributed by atoms with E-state index in [1.165, 1.54) is 12.1 Å². The van der Waals surface area contributed by atoms with E-state index in [0.29, 0.717) is 41.5 Å². The normalized spacial score (nSPS) is 11.6. The van der Waals surface area contributed by atoms with E-state index in [1.807, 2.05) is 19.1 Å². The zero-order valence-corrected chi connectivity index (χ0v) is 22.1. The second kappa shape index (κ2) is 11.5. The van der Waals surface area contributed by atoms with Crippen LogP contribution in [0.2, 0.25) is 0 Å². The van der Waals surface area contributed by atoms with Gasteiger partial charge in [-0.2, -0.15) is 8.78 Å². The molecule has 10 heteroatoms. The minimum absolute atomic E-state index is 0.242. The SMILES string of the molecule is CCc1ccc(-c2ccc(-c3cc(F)c(C(F)(F)Oc4ccc(-c5cc(F)c(F)c(F)c5)c(F)c4)c(F)c3)c(F)c2)cc1. The van der Waals surface area contributed by atoms with Gasteiger partial charge in [-0.1, -0.05) is 43.3 Å². The molecule has 5 aromatic carbocycles. The van der Waals surface area contributed by atoms with Crippen LogP contribution in [0, 0.1) is 40.7 Å². The number of halogens is 9. The zero-order valence-electron chi connectivity index (χ0n) is 22.1. The molecule has 220 valence electrons. The smallest absolute Gasteiger partial charge is 0.429 e. The minimum Gasteiger partial charge on any atom is -0.429 e. The lowest BCUT2D eigenvalue weighted by atomic mass is 9.97. The molecule has 0 aromatic heterocycles. The standard InChI is InChI=1S/C33H19F9O/c1-2-17-3-5-18(6-4-17)19-7-9-23(25(34)11-19)20-12-27(36)31(28(37)13-20)33(41,42)43-22-8-10-24(26(35)16-22)21-14-29(38)32(40)30(39)15-21/h3-16H,2H2,1H3. The van der Waals surface area contributed by atoms with Gasteiger partial charge in [0.2, 0.25) is 0 Å². The molecular weight excluding hydrogens is 583 g/mol. The highest BCUT2D eigenvalue weighted by molar-refractivity contribution is 5.71. The third-order valence-corrected chi connectivity index (χ3v) is 6.79. The lowest BCUT2D eigenvalue weighted by Gasteiger charge is -2.20. The van der Waals surface area contributed by atoms with Gasteiger partial charge in [0.15, 0.2) is 17.5 Å². The van der Waals surface area contributed by atoms with Gasteiger partial charge in [-0.3, -0.25) is 0 Å². The van der Waals surface area contributed by atoms with E-state index >= 15 is 0 Å². The van der Waals surface area contributed by atoms with Crippen molar-refractivity contribution >= 4 is 0 Å². The lowest BCUT2D eigenvalue weighted by molar-refractivity contribution is -0.189. The van der Waals surface area contributed by atoms with E-state index in [1.54, 1.807) is 12.1 Å². The summed E-state index contributed by atoms with van der Waals surface area (Å²) in [6, 6.07) is 15.3. The molecule has 0 saturated heterocycles. The fraction of sp³-hybridized carbons (Fsp3) is 0.0909. The molecule has 0 amide bonds. The van der Waals surface area contributed by atoms with E-state index in [0.717, 1.165) is 30.2 Å². The van der Waals surface area contributed by atoms with Crippen LogP contribution in [0.25, 0.3) is 33.4 Å². The summed E-state index contributed by atoms with van der Waals surface area (Å²) in [5, 5.41) is 0. The average molecular weight is 602 g/mol. The summed E-state index contributed by atoms with van der Waals surface area (Å²) in [7, 11) is 0. The molecule has 0 N–H and O–H groups in total. The maximum absolute atomic E-state index is 15.0. The molecule has 0 spiro atoms. The molecule has 1 nitrogen and oxygen atoms in total. The van der Waals surface area contributed by atoms with Gasteiger partial charge in [0.1, 0.15) is 34.6 Å². The summed E-state index contributed by atoms with van der Waals surface area (Å²) < 4.78 is 134. The molecule has 0 fully saturated rings. The van der Waals surface area contributed by atoms with E-state index in [9.17, 15) is 39.5 Å². The molecule has 0 aliphatic carbocycles. The highest BCUT2D eigenvalue weighted by atomic mass is 19.3. The van der Waals surface area contributed by atoms with Crippen molar-refractivity contribution in [2.24, 2.45) is 0 Å². The molecule has 0 bridgehead atoms. The first-order chi connectivity index (χ1) is 20.4. The van der Waals surface area contributed by atoms with Gasteiger partial charge in [0.25, 0.3) is 0 Å². The monoisotopic (exact) mass is 602 g/mol. The third-order valence-electron chi connectivity index (χ3n) is 6.79.